The summed E-state index contributed by atoms with van der Waals surface area (Å²) in [5.41, 5.74) is 5.84. The largest absolute Gasteiger partial charge is 0.360 e. The second-order valence-electron chi connectivity index (χ2n) is 9.77. The van der Waals surface area contributed by atoms with Crippen molar-refractivity contribution in [3.63, 3.8) is 0 Å². The number of ether oxygens (including phenoxy) is 1. The van der Waals surface area contributed by atoms with Gasteiger partial charge in [0.25, 0.3) is 0 Å². The number of carbonyl (C=O) groups is 1. The number of hydrogen-bond donors (Lipinski definition) is 1. The van der Waals surface area contributed by atoms with Gasteiger partial charge in [-0.1, -0.05) is 12.1 Å². The first-order valence-electron chi connectivity index (χ1n) is 11.3. The van der Waals surface area contributed by atoms with Crippen LogP contribution in [0.5, 0.6) is 0 Å². The normalized spacial score (nSPS) is 15.3. The maximum absolute atomic E-state index is 12.9. The molecule has 5 nitrogen and oxygen atoms in total. The van der Waals surface area contributed by atoms with Crippen LogP contribution in [0.1, 0.15) is 68.3 Å². The summed E-state index contributed by atoms with van der Waals surface area (Å²) in [5.74, 6) is -0.00265. The molecule has 0 aliphatic heterocycles. The third-order valence-electron chi connectivity index (χ3n) is 6.16. The second-order valence-corrected chi connectivity index (χ2v) is 10.9. The maximum atomic E-state index is 12.9. The molecule has 0 amide bonds. The molecule has 6 heteroatoms. The van der Waals surface area contributed by atoms with Crippen molar-refractivity contribution in [1.29, 1.82) is 0 Å². The lowest BCUT2D eigenvalue weighted by Gasteiger charge is -2.29. The molecule has 0 bridgehead atoms. The molecule has 0 radical (unpaired) electrons. The van der Waals surface area contributed by atoms with Crippen LogP contribution in [-0.4, -0.2) is 26.6 Å². The zero-order valence-electron chi connectivity index (χ0n) is 19.3. The number of pyridine rings is 1. The minimum atomic E-state index is -0.668. The van der Waals surface area contributed by atoms with Gasteiger partial charge in [-0.25, -0.2) is 4.98 Å². The number of aryl methyl sites for hydroxylation is 3. The first kappa shape index (κ1) is 21.3. The summed E-state index contributed by atoms with van der Waals surface area (Å²) < 4.78 is 6.36. The van der Waals surface area contributed by atoms with E-state index in [1.54, 1.807) is 6.92 Å². The predicted octanol–water partition coefficient (Wildman–Crippen LogP) is 6.47. The Balaban J connectivity index is 1.87. The monoisotopic (exact) mass is 447 g/mol. The Labute approximate surface area is 192 Å². The van der Waals surface area contributed by atoms with Crippen LogP contribution in [0.2, 0.25) is 0 Å². The van der Waals surface area contributed by atoms with Crippen LogP contribution in [0.25, 0.3) is 32.2 Å². The van der Waals surface area contributed by atoms with Crippen LogP contribution >= 0.6 is 11.3 Å². The number of fused-ring (bicyclic) bond motifs is 4. The number of nitrogens with one attached hydrogen (secondary N) is 1. The summed E-state index contributed by atoms with van der Waals surface area (Å²) in [6.07, 6.45) is 5.75. The SMILES string of the molecule is CC(=O)[C@@H](OC(C)(C)C)c1c(C)nc2sc3c(c2c1-c1ccc2cn[nH]c2c1)CCCC3. The van der Waals surface area contributed by atoms with Crippen molar-refractivity contribution in [2.75, 3.05) is 0 Å². The van der Waals surface area contributed by atoms with Crippen molar-refractivity contribution in [2.24, 2.45) is 0 Å². The van der Waals surface area contributed by atoms with Crippen molar-refractivity contribution < 1.29 is 9.53 Å². The Kier molecular flexibility index (Phi) is 5.18. The van der Waals surface area contributed by atoms with E-state index >= 15 is 0 Å². The summed E-state index contributed by atoms with van der Waals surface area (Å²) >= 11 is 1.81. The molecule has 3 aromatic heterocycles. The van der Waals surface area contributed by atoms with Gasteiger partial charge in [0.2, 0.25) is 0 Å². The number of hydrogen-bond acceptors (Lipinski definition) is 5. The number of ketones is 1. The molecule has 1 aromatic carbocycles. The number of benzene rings is 1. The van der Waals surface area contributed by atoms with Gasteiger partial charge >= 0.3 is 0 Å². The van der Waals surface area contributed by atoms with Crippen LogP contribution in [-0.2, 0) is 22.4 Å². The van der Waals surface area contributed by atoms with Crippen molar-refractivity contribution in [2.45, 2.75) is 72.0 Å². The summed E-state index contributed by atoms with van der Waals surface area (Å²) in [7, 11) is 0. The third-order valence-corrected chi connectivity index (χ3v) is 7.35. The highest BCUT2D eigenvalue weighted by atomic mass is 32.1. The molecule has 0 fully saturated rings. The number of thiophene rings is 1. The molecule has 1 aliphatic rings. The van der Waals surface area contributed by atoms with Crippen molar-refractivity contribution >= 4 is 38.2 Å². The first-order chi connectivity index (χ1) is 15.2. The highest BCUT2D eigenvalue weighted by molar-refractivity contribution is 7.19. The number of H-pyrrole nitrogens is 1. The number of rotatable bonds is 4. The number of carbonyl (C=O) groups excluding carboxylic acids is 1. The molecule has 1 N–H and O–H groups in total. The van der Waals surface area contributed by atoms with E-state index in [4.69, 9.17) is 9.72 Å². The first-order valence-corrected chi connectivity index (χ1v) is 12.1. The fraction of sp³-hybridized carbons (Fsp3) is 0.423. The van der Waals surface area contributed by atoms with Gasteiger partial charge in [0, 0.05) is 32.5 Å². The number of Topliss-reactive ketones (excluding diaryl/α,β-unsaturated/α-hetero) is 1. The van der Waals surface area contributed by atoms with Crippen LogP contribution in [0.4, 0.5) is 0 Å². The van der Waals surface area contributed by atoms with E-state index in [-0.39, 0.29) is 5.78 Å². The van der Waals surface area contributed by atoms with Crippen LogP contribution in [0.15, 0.2) is 24.4 Å². The molecular weight excluding hydrogens is 418 g/mol. The van der Waals surface area contributed by atoms with E-state index in [9.17, 15) is 4.79 Å². The predicted molar refractivity (Wildman–Crippen MR) is 130 cm³/mol. The molecule has 5 rings (SSSR count). The van der Waals surface area contributed by atoms with Gasteiger partial charge < -0.3 is 4.74 Å². The summed E-state index contributed by atoms with van der Waals surface area (Å²) in [6.45, 7) is 9.60. The molecular formula is C26H29N3O2S. The van der Waals surface area contributed by atoms with Gasteiger partial charge in [0.1, 0.15) is 10.9 Å². The molecule has 32 heavy (non-hydrogen) atoms. The Bertz CT molecular complexity index is 1340. The van der Waals surface area contributed by atoms with Gasteiger partial charge in [0.05, 0.1) is 17.3 Å². The zero-order valence-corrected chi connectivity index (χ0v) is 20.2. The Morgan fingerprint density at radius 1 is 1.22 bits per heavy atom. The lowest BCUT2D eigenvalue weighted by molar-refractivity contribution is -0.138. The third kappa shape index (κ3) is 3.65. The molecule has 3 heterocycles. The van der Waals surface area contributed by atoms with Crippen LogP contribution in [0, 0.1) is 6.92 Å². The minimum Gasteiger partial charge on any atom is -0.360 e. The Hall–Kier alpha value is -2.57. The molecule has 4 aromatic rings. The summed E-state index contributed by atoms with van der Waals surface area (Å²) in [4.78, 5) is 20.4. The molecule has 0 spiro atoms. The Morgan fingerprint density at radius 3 is 2.75 bits per heavy atom. The quantitative estimate of drug-likeness (QED) is 0.389. The summed E-state index contributed by atoms with van der Waals surface area (Å²) in [6, 6.07) is 6.36. The number of aromatic amines is 1. The molecule has 0 unspecified atom stereocenters. The number of nitrogens with zero attached hydrogens (tertiary/aromatic N) is 2. The highest BCUT2D eigenvalue weighted by Crippen LogP contribution is 2.46. The van der Waals surface area contributed by atoms with E-state index in [0.717, 1.165) is 51.0 Å². The van der Waals surface area contributed by atoms with E-state index in [0.29, 0.717) is 0 Å². The lowest BCUT2D eigenvalue weighted by Crippen LogP contribution is -2.27. The number of aromatic nitrogens is 3. The highest BCUT2D eigenvalue weighted by Gasteiger charge is 2.32. The van der Waals surface area contributed by atoms with Crippen molar-refractivity contribution in [1.82, 2.24) is 15.2 Å². The van der Waals surface area contributed by atoms with Crippen LogP contribution < -0.4 is 0 Å². The van der Waals surface area contributed by atoms with Crippen LogP contribution in [0.3, 0.4) is 0 Å². The van der Waals surface area contributed by atoms with Gasteiger partial charge in [-0.3, -0.25) is 9.89 Å². The van der Waals surface area contributed by atoms with Crippen molar-refractivity contribution in [3.05, 3.63) is 46.1 Å². The average Bonchev–Trinajstić information content (AvgIpc) is 3.33. The molecule has 0 saturated heterocycles. The molecule has 166 valence electrons. The van der Waals surface area contributed by atoms with Gasteiger partial charge in [0.15, 0.2) is 5.78 Å². The summed E-state index contributed by atoms with van der Waals surface area (Å²) in [5, 5.41) is 9.56. The smallest absolute Gasteiger partial charge is 0.163 e. The zero-order chi connectivity index (χ0) is 22.6. The second kappa shape index (κ2) is 7.78. The van der Waals surface area contributed by atoms with Gasteiger partial charge in [-0.2, -0.15) is 5.10 Å². The van der Waals surface area contributed by atoms with Crippen molar-refractivity contribution in [3.8, 4) is 11.1 Å². The standard InChI is InChI=1S/C26H29N3O2S/c1-14-21(24(15(2)30)31-26(3,4)5)22(16-10-11-17-13-27-29-19(17)12-16)23-18-8-6-7-9-20(18)32-25(23)28-14/h10-13,24H,6-9H2,1-5H3,(H,27,29)/t24-/m1/s1. The average molecular weight is 448 g/mol. The lowest BCUT2D eigenvalue weighted by atomic mass is 9.87. The fourth-order valence-electron chi connectivity index (χ4n) is 4.83. The topological polar surface area (TPSA) is 67.9 Å². The fourth-order valence-corrected chi connectivity index (χ4v) is 6.15. The van der Waals surface area contributed by atoms with Gasteiger partial charge in [-0.05, 0) is 77.5 Å². The molecule has 1 aliphatic carbocycles. The van der Waals surface area contributed by atoms with E-state index < -0.39 is 11.7 Å². The maximum Gasteiger partial charge on any atom is 0.163 e. The molecule has 1 atom stereocenters. The minimum absolute atomic E-state index is 0.00265. The Morgan fingerprint density at radius 2 is 2.00 bits per heavy atom. The van der Waals surface area contributed by atoms with E-state index in [1.165, 1.54) is 28.7 Å². The van der Waals surface area contributed by atoms with E-state index in [1.807, 2.05) is 45.2 Å². The molecule has 0 saturated carbocycles. The van der Waals surface area contributed by atoms with Gasteiger partial charge in [-0.15, -0.1) is 11.3 Å². The van der Waals surface area contributed by atoms with E-state index in [2.05, 4.69) is 28.4 Å².